The number of nitrogens with zero attached hydrogens (tertiary/aromatic N) is 2. The summed E-state index contributed by atoms with van der Waals surface area (Å²) < 4.78 is 0. The van der Waals surface area contributed by atoms with E-state index in [0.717, 1.165) is 13.0 Å². The van der Waals surface area contributed by atoms with Crippen LogP contribution in [0.15, 0.2) is 18.5 Å². The summed E-state index contributed by atoms with van der Waals surface area (Å²) in [6.45, 7) is 7.40. The third kappa shape index (κ3) is 4.36. The molecule has 108 valence electrons. The molecule has 0 saturated heterocycles. The van der Waals surface area contributed by atoms with Gasteiger partial charge in [-0.3, -0.25) is 9.78 Å². The van der Waals surface area contributed by atoms with Gasteiger partial charge in [0.2, 0.25) is 0 Å². The Morgan fingerprint density at radius 2 is 2.25 bits per heavy atom. The predicted octanol–water partition coefficient (Wildman–Crippen LogP) is 1.93. The molecule has 1 heterocycles. The summed E-state index contributed by atoms with van der Waals surface area (Å²) in [4.78, 5) is 18.4. The van der Waals surface area contributed by atoms with Crippen molar-refractivity contribution < 1.29 is 9.90 Å². The van der Waals surface area contributed by atoms with Crippen molar-refractivity contribution in [3.63, 3.8) is 0 Å². The summed E-state index contributed by atoms with van der Waals surface area (Å²) in [6, 6.07) is 1.68. The van der Waals surface area contributed by atoms with Crippen LogP contribution < -0.4 is 0 Å². The highest BCUT2D eigenvalue weighted by Crippen LogP contribution is 2.12. The number of hydrogen-bond acceptors (Lipinski definition) is 3. The Bertz CT molecular complexity index is 503. The summed E-state index contributed by atoms with van der Waals surface area (Å²) in [5.41, 5.74) is 1.11. The van der Waals surface area contributed by atoms with Crippen LogP contribution in [0.3, 0.4) is 0 Å². The second-order valence-electron chi connectivity index (χ2n) is 4.74. The maximum Gasteiger partial charge on any atom is 0.255 e. The van der Waals surface area contributed by atoms with Gasteiger partial charge in [-0.2, -0.15) is 0 Å². The van der Waals surface area contributed by atoms with Crippen LogP contribution in [0, 0.1) is 17.8 Å². The Morgan fingerprint density at radius 3 is 2.85 bits per heavy atom. The van der Waals surface area contributed by atoms with E-state index in [2.05, 4.69) is 30.7 Å². The molecule has 4 heteroatoms. The lowest BCUT2D eigenvalue weighted by Crippen LogP contribution is -2.35. The third-order valence-electron chi connectivity index (χ3n) is 3.25. The van der Waals surface area contributed by atoms with Crippen molar-refractivity contribution in [1.82, 2.24) is 9.88 Å². The maximum atomic E-state index is 12.6. The van der Waals surface area contributed by atoms with E-state index < -0.39 is 0 Å². The third-order valence-corrected chi connectivity index (χ3v) is 3.25. The van der Waals surface area contributed by atoms with E-state index in [1.807, 2.05) is 11.8 Å². The van der Waals surface area contributed by atoms with Crippen LogP contribution in [0.25, 0.3) is 0 Å². The Labute approximate surface area is 120 Å². The van der Waals surface area contributed by atoms with Gasteiger partial charge in [0.1, 0.15) is 6.61 Å². The van der Waals surface area contributed by atoms with Crippen molar-refractivity contribution in [1.29, 1.82) is 0 Å². The van der Waals surface area contributed by atoms with Gasteiger partial charge in [-0.1, -0.05) is 32.1 Å². The molecular formula is C16H22N2O2. The van der Waals surface area contributed by atoms with Gasteiger partial charge in [-0.15, -0.1) is 0 Å². The van der Waals surface area contributed by atoms with Crippen molar-refractivity contribution in [3.8, 4) is 11.8 Å². The zero-order valence-electron chi connectivity index (χ0n) is 12.4. The van der Waals surface area contributed by atoms with Crippen LogP contribution in [0.1, 0.15) is 43.1 Å². The number of pyridine rings is 1. The van der Waals surface area contributed by atoms with E-state index in [4.69, 9.17) is 5.11 Å². The zero-order valence-corrected chi connectivity index (χ0v) is 12.4. The molecule has 0 saturated carbocycles. The molecule has 0 fully saturated rings. The fourth-order valence-corrected chi connectivity index (χ4v) is 1.85. The highest BCUT2D eigenvalue weighted by atomic mass is 16.2. The Hall–Kier alpha value is -1.86. The second kappa shape index (κ2) is 8.34. The lowest BCUT2D eigenvalue weighted by atomic mass is 10.1. The first kappa shape index (κ1) is 16.2. The van der Waals surface area contributed by atoms with Gasteiger partial charge in [-0.05, 0) is 18.9 Å². The maximum absolute atomic E-state index is 12.6. The van der Waals surface area contributed by atoms with E-state index in [1.54, 1.807) is 18.5 Å². The van der Waals surface area contributed by atoms with Gasteiger partial charge < -0.3 is 10.0 Å². The van der Waals surface area contributed by atoms with Crippen molar-refractivity contribution in [2.75, 3.05) is 19.7 Å². The molecule has 0 aliphatic heterocycles. The van der Waals surface area contributed by atoms with Crippen LogP contribution in [0.5, 0.6) is 0 Å². The first-order valence-corrected chi connectivity index (χ1v) is 6.97. The lowest BCUT2D eigenvalue weighted by Gasteiger charge is -2.24. The number of rotatable bonds is 5. The minimum absolute atomic E-state index is 0.0301. The average molecular weight is 274 g/mol. The number of aliphatic hydroxyl groups excluding tert-OH is 1. The minimum Gasteiger partial charge on any atom is -0.384 e. The van der Waals surface area contributed by atoms with Crippen LogP contribution in [-0.2, 0) is 0 Å². The molecule has 0 radical (unpaired) electrons. The molecule has 1 unspecified atom stereocenters. The topological polar surface area (TPSA) is 53.4 Å². The summed E-state index contributed by atoms with van der Waals surface area (Å²) in [7, 11) is 0. The lowest BCUT2D eigenvalue weighted by molar-refractivity contribution is 0.0740. The first-order valence-electron chi connectivity index (χ1n) is 6.97. The Balaban J connectivity index is 3.00. The average Bonchev–Trinajstić information content (AvgIpc) is 2.49. The molecule has 4 nitrogen and oxygen atoms in total. The highest BCUT2D eigenvalue weighted by Gasteiger charge is 2.18. The molecule has 20 heavy (non-hydrogen) atoms. The van der Waals surface area contributed by atoms with Crippen LogP contribution in [-0.4, -0.2) is 40.6 Å². The largest absolute Gasteiger partial charge is 0.384 e. The molecule has 0 aliphatic rings. The molecule has 1 N–H and O–H groups in total. The van der Waals surface area contributed by atoms with Gasteiger partial charge in [0, 0.05) is 25.5 Å². The van der Waals surface area contributed by atoms with Crippen LogP contribution >= 0.6 is 0 Å². The van der Waals surface area contributed by atoms with Gasteiger partial charge in [0.15, 0.2) is 0 Å². The van der Waals surface area contributed by atoms with E-state index in [9.17, 15) is 4.79 Å². The smallest absolute Gasteiger partial charge is 0.255 e. The standard InChI is InChI=1S/C16H22N2O2/c1-4-13(3)12-18(5-2)16(20)15-8-9-17-11-14(15)7-6-10-19/h8-9,11,13,19H,4-5,10,12H2,1-3H3. The first-order chi connectivity index (χ1) is 9.63. The number of carbonyl (C=O) groups is 1. The quantitative estimate of drug-likeness (QED) is 0.835. The van der Waals surface area contributed by atoms with E-state index in [0.29, 0.717) is 23.6 Å². The van der Waals surface area contributed by atoms with Crippen molar-refractivity contribution in [2.24, 2.45) is 5.92 Å². The van der Waals surface area contributed by atoms with Crippen molar-refractivity contribution in [2.45, 2.75) is 27.2 Å². The molecule has 0 bridgehead atoms. The summed E-state index contributed by atoms with van der Waals surface area (Å²) in [6.07, 6.45) is 4.19. The molecule has 1 amide bonds. The van der Waals surface area contributed by atoms with Gasteiger partial charge in [0.25, 0.3) is 5.91 Å². The molecule has 0 spiro atoms. The number of aromatic nitrogens is 1. The highest BCUT2D eigenvalue weighted by molar-refractivity contribution is 5.96. The van der Waals surface area contributed by atoms with Gasteiger partial charge >= 0.3 is 0 Å². The monoisotopic (exact) mass is 274 g/mol. The fraction of sp³-hybridized carbons (Fsp3) is 0.500. The SMILES string of the molecule is CCC(C)CN(CC)C(=O)c1ccncc1C#CCO. The second-order valence-corrected chi connectivity index (χ2v) is 4.74. The van der Waals surface area contributed by atoms with Crippen LogP contribution in [0.4, 0.5) is 0 Å². The zero-order chi connectivity index (χ0) is 15.0. The van der Waals surface area contributed by atoms with E-state index in [-0.39, 0.29) is 12.5 Å². The summed E-state index contributed by atoms with van der Waals surface area (Å²) >= 11 is 0. The molecular weight excluding hydrogens is 252 g/mol. The van der Waals surface area contributed by atoms with E-state index in [1.165, 1.54) is 0 Å². The number of hydrogen-bond donors (Lipinski definition) is 1. The number of amides is 1. The minimum atomic E-state index is -0.229. The predicted molar refractivity (Wildman–Crippen MR) is 79.2 cm³/mol. The van der Waals surface area contributed by atoms with Gasteiger partial charge in [-0.25, -0.2) is 0 Å². The molecule has 0 aliphatic carbocycles. The van der Waals surface area contributed by atoms with E-state index >= 15 is 0 Å². The molecule has 1 atom stereocenters. The molecule has 0 aromatic carbocycles. The Morgan fingerprint density at radius 1 is 1.50 bits per heavy atom. The number of aliphatic hydroxyl groups is 1. The van der Waals surface area contributed by atoms with Crippen molar-refractivity contribution >= 4 is 5.91 Å². The summed E-state index contributed by atoms with van der Waals surface area (Å²) in [5.74, 6) is 5.78. The molecule has 1 aromatic heterocycles. The molecule has 1 rings (SSSR count). The van der Waals surface area contributed by atoms with Crippen LogP contribution in [0.2, 0.25) is 0 Å². The Kier molecular flexibility index (Phi) is 6.75. The van der Waals surface area contributed by atoms with Crippen molar-refractivity contribution in [3.05, 3.63) is 29.6 Å². The van der Waals surface area contributed by atoms with Gasteiger partial charge in [0.05, 0.1) is 11.1 Å². The number of carbonyl (C=O) groups excluding carboxylic acids is 1. The normalized spacial score (nSPS) is 11.4. The molecule has 1 aromatic rings. The summed E-state index contributed by atoms with van der Waals surface area (Å²) in [5, 5.41) is 8.77. The fourth-order valence-electron chi connectivity index (χ4n) is 1.85.